The molecule has 4 atom stereocenters. The highest BCUT2D eigenvalue weighted by atomic mass is 32.2. The number of rotatable bonds is 4. The van der Waals surface area contributed by atoms with Crippen LogP contribution < -0.4 is 5.73 Å². The first-order chi connectivity index (χ1) is 9.01. The van der Waals surface area contributed by atoms with E-state index in [9.17, 15) is 0 Å². The van der Waals surface area contributed by atoms with Gasteiger partial charge in [-0.3, -0.25) is 9.58 Å². The first-order valence-electron chi connectivity index (χ1n) is 7.14. The van der Waals surface area contributed by atoms with Gasteiger partial charge in [0.05, 0.1) is 12.2 Å². The van der Waals surface area contributed by atoms with Crippen molar-refractivity contribution in [1.29, 1.82) is 0 Å². The van der Waals surface area contributed by atoms with Gasteiger partial charge in [-0.25, -0.2) is 0 Å². The molecule has 0 amide bonds. The SMILES string of the molecule is CCC(N)C(c1cnn(C)c1)N1CC(C)SC(C)C1. The van der Waals surface area contributed by atoms with Gasteiger partial charge in [0.15, 0.2) is 0 Å². The topological polar surface area (TPSA) is 47.1 Å². The molecule has 1 saturated heterocycles. The van der Waals surface area contributed by atoms with Gasteiger partial charge in [-0.15, -0.1) is 0 Å². The molecule has 0 aliphatic carbocycles. The van der Waals surface area contributed by atoms with Gasteiger partial charge >= 0.3 is 0 Å². The molecule has 4 unspecified atom stereocenters. The van der Waals surface area contributed by atoms with Crippen molar-refractivity contribution in [3.05, 3.63) is 18.0 Å². The lowest BCUT2D eigenvalue weighted by Gasteiger charge is -2.41. The molecule has 19 heavy (non-hydrogen) atoms. The van der Waals surface area contributed by atoms with E-state index in [-0.39, 0.29) is 6.04 Å². The molecule has 1 aliphatic heterocycles. The van der Waals surface area contributed by atoms with Crippen LogP contribution in [0.5, 0.6) is 0 Å². The van der Waals surface area contributed by atoms with Crippen molar-refractivity contribution < 1.29 is 0 Å². The maximum absolute atomic E-state index is 6.39. The summed E-state index contributed by atoms with van der Waals surface area (Å²) in [7, 11) is 1.97. The Hall–Kier alpha value is -0.520. The van der Waals surface area contributed by atoms with Gasteiger partial charge in [-0.2, -0.15) is 16.9 Å². The molecule has 1 fully saturated rings. The van der Waals surface area contributed by atoms with Crippen LogP contribution in [0.15, 0.2) is 12.4 Å². The second-order valence-electron chi connectivity index (χ2n) is 5.68. The highest BCUT2D eigenvalue weighted by Gasteiger charge is 2.32. The van der Waals surface area contributed by atoms with Gasteiger partial charge in [-0.1, -0.05) is 20.8 Å². The Labute approximate surface area is 120 Å². The summed E-state index contributed by atoms with van der Waals surface area (Å²) in [5.74, 6) is 0. The number of aromatic nitrogens is 2. The van der Waals surface area contributed by atoms with Crippen LogP contribution in [0, 0.1) is 0 Å². The zero-order valence-corrected chi connectivity index (χ0v) is 13.2. The smallest absolute Gasteiger partial charge is 0.0538 e. The number of thioether (sulfide) groups is 1. The third kappa shape index (κ3) is 3.52. The number of hydrogen-bond acceptors (Lipinski definition) is 4. The van der Waals surface area contributed by atoms with Gasteiger partial charge in [0.25, 0.3) is 0 Å². The molecule has 4 nitrogen and oxygen atoms in total. The fourth-order valence-corrected chi connectivity index (χ4v) is 4.34. The summed E-state index contributed by atoms with van der Waals surface area (Å²) in [6.07, 6.45) is 5.07. The molecule has 1 aromatic heterocycles. The largest absolute Gasteiger partial charge is 0.326 e. The van der Waals surface area contributed by atoms with Gasteiger partial charge in [-0.05, 0) is 6.42 Å². The van der Waals surface area contributed by atoms with Crippen LogP contribution in [0.1, 0.15) is 38.8 Å². The number of nitrogens with two attached hydrogens (primary N) is 1. The number of nitrogens with zero attached hydrogens (tertiary/aromatic N) is 3. The minimum Gasteiger partial charge on any atom is -0.326 e. The first kappa shape index (κ1) is 14.9. The molecule has 0 saturated carbocycles. The molecule has 1 aromatic rings. The van der Waals surface area contributed by atoms with E-state index in [1.165, 1.54) is 5.56 Å². The Kier molecular flexibility index (Phi) is 4.92. The van der Waals surface area contributed by atoms with Crippen LogP contribution >= 0.6 is 11.8 Å². The average Bonchev–Trinajstić information content (AvgIpc) is 2.74. The van der Waals surface area contributed by atoms with Crippen LogP contribution in [-0.4, -0.2) is 44.3 Å². The van der Waals surface area contributed by atoms with Crippen LogP contribution in [0.2, 0.25) is 0 Å². The van der Waals surface area contributed by atoms with Crippen LogP contribution in [0.3, 0.4) is 0 Å². The zero-order valence-electron chi connectivity index (χ0n) is 12.4. The number of hydrogen-bond donors (Lipinski definition) is 1. The number of aryl methyl sites for hydroxylation is 1. The summed E-state index contributed by atoms with van der Waals surface area (Å²) in [5.41, 5.74) is 7.65. The third-order valence-corrected chi connectivity index (χ3v) is 5.01. The average molecular weight is 282 g/mol. The normalized spacial score (nSPS) is 28.3. The molecule has 108 valence electrons. The second-order valence-corrected chi connectivity index (χ2v) is 7.56. The molecule has 1 aliphatic rings. The maximum Gasteiger partial charge on any atom is 0.0538 e. The van der Waals surface area contributed by atoms with Gasteiger partial charge in [0, 0.05) is 48.4 Å². The fourth-order valence-electron chi connectivity index (χ4n) is 2.99. The molecule has 5 heteroatoms. The molecule has 0 spiro atoms. The standard InChI is InChI=1S/C14H26N4S/c1-5-13(15)14(12-6-16-17(4)9-12)18-7-10(2)19-11(3)8-18/h6,9-11,13-14H,5,7-8,15H2,1-4H3. The van der Waals surface area contributed by atoms with Crippen molar-refractivity contribution in [2.24, 2.45) is 12.8 Å². The van der Waals surface area contributed by atoms with Crippen molar-refractivity contribution >= 4 is 11.8 Å². The van der Waals surface area contributed by atoms with Crippen molar-refractivity contribution in [3.63, 3.8) is 0 Å². The summed E-state index contributed by atoms with van der Waals surface area (Å²) < 4.78 is 1.87. The monoisotopic (exact) mass is 282 g/mol. The molecule has 2 rings (SSSR count). The molecule has 2 N–H and O–H groups in total. The lowest BCUT2D eigenvalue weighted by Crippen LogP contribution is -2.48. The van der Waals surface area contributed by atoms with E-state index in [1.807, 2.05) is 17.9 Å². The van der Waals surface area contributed by atoms with Crippen molar-refractivity contribution in [2.75, 3.05) is 13.1 Å². The highest BCUT2D eigenvalue weighted by Crippen LogP contribution is 2.32. The van der Waals surface area contributed by atoms with E-state index in [4.69, 9.17) is 5.73 Å². The molecule has 0 radical (unpaired) electrons. The lowest BCUT2D eigenvalue weighted by atomic mass is 9.98. The van der Waals surface area contributed by atoms with Crippen LogP contribution in [-0.2, 0) is 7.05 Å². The molecular weight excluding hydrogens is 256 g/mol. The Morgan fingerprint density at radius 1 is 1.42 bits per heavy atom. The Bertz CT molecular complexity index is 396. The predicted molar refractivity (Wildman–Crippen MR) is 82.3 cm³/mol. The van der Waals surface area contributed by atoms with E-state index >= 15 is 0 Å². The second kappa shape index (κ2) is 6.29. The van der Waals surface area contributed by atoms with E-state index < -0.39 is 0 Å². The summed E-state index contributed by atoms with van der Waals surface area (Å²) in [6.45, 7) is 9.01. The van der Waals surface area contributed by atoms with Crippen molar-refractivity contribution in [1.82, 2.24) is 14.7 Å². The minimum absolute atomic E-state index is 0.173. The van der Waals surface area contributed by atoms with E-state index in [1.54, 1.807) is 0 Å². The Morgan fingerprint density at radius 3 is 2.53 bits per heavy atom. The summed E-state index contributed by atoms with van der Waals surface area (Å²) in [4.78, 5) is 2.55. The van der Waals surface area contributed by atoms with E-state index in [0.717, 1.165) is 19.5 Å². The molecule has 0 bridgehead atoms. The van der Waals surface area contributed by atoms with Crippen molar-refractivity contribution in [2.45, 2.75) is 49.8 Å². The molecule has 0 aromatic carbocycles. The third-order valence-electron chi connectivity index (χ3n) is 3.78. The Morgan fingerprint density at radius 2 is 2.05 bits per heavy atom. The van der Waals surface area contributed by atoms with E-state index in [0.29, 0.717) is 16.5 Å². The minimum atomic E-state index is 0.173. The van der Waals surface area contributed by atoms with Gasteiger partial charge in [0.1, 0.15) is 0 Å². The molecular formula is C14H26N4S. The van der Waals surface area contributed by atoms with E-state index in [2.05, 4.69) is 48.7 Å². The predicted octanol–water partition coefficient (Wildman–Crippen LogP) is 2.02. The summed E-state index contributed by atoms with van der Waals surface area (Å²) in [5, 5.41) is 5.66. The first-order valence-corrected chi connectivity index (χ1v) is 8.09. The molecule has 2 heterocycles. The lowest BCUT2D eigenvalue weighted by molar-refractivity contribution is 0.167. The highest BCUT2D eigenvalue weighted by molar-refractivity contribution is 8.00. The van der Waals surface area contributed by atoms with Crippen LogP contribution in [0.4, 0.5) is 0 Å². The zero-order chi connectivity index (χ0) is 14.0. The van der Waals surface area contributed by atoms with Crippen LogP contribution in [0.25, 0.3) is 0 Å². The fraction of sp³-hybridized carbons (Fsp3) is 0.786. The maximum atomic E-state index is 6.39. The quantitative estimate of drug-likeness (QED) is 0.918. The van der Waals surface area contributed by atoms with Gasteiger partial charge in [0.2, 0.25) is 0 Å². The van der Waals surface area contributed by atoms with Gasteiger partial charge < -0.3 is 5.73 Å². The summed E-state index contributed by atoms with van der Waals surface area (Å²) >= 11 is 2.08. The summed E-state index contributed by atoms with van der Waals surface area (Å²) in [6, 6.07) is 0.469. The Balaban J connectivity index is 2.22. The van der Waals surface area contributed by atoms with Crippen molar-refractivity contribution in [3.8, 4) is 0 Å².